The maximum atomic E-state index is 12.6. The number of amides is 1. The number of nitrogens with zero attached hydrogens (tertiary/aromatic N) is 1. The number of nitrogens with one attached hydrogen (secondary N) is 1. The lowest BCUT2D eigenvalue weighted by Crippen LogP contribution is -2.42. The number of nitrogens with two attached hydrogens (primary N) is 1. The molecule has 1 fully saturated rings. The predicted octanol–water partition coefficient (Wildman–Crippen LogP) is 3.56. The largest absolute Gasteiger partial charge is 0.497 e. The summed E-state index contributed by atoms with van der Waals surface area (Å²) < 4.78 is 5.36. The van der Waals surface area contributed by atoms with Crippen LogP contribution in [0.1, 0.15) is 51.1 Å². The Bertz CT molecular complexity index is 556. The fraction of sp³-hybridized carbons (Fsp3) is 0.650. The van der Waals surface area contributed by atoms with Gasteiger partial charge in [-0.15, -0.1) is 24.8 Å². The van der Waals surface area contributed by atoms with Crippen molar-refractivity contribution in [3.63, 3.8) is 0 Å². The van der Waals surface area contributed by atoms with Crippen molar-refractivity contribution in [2.24, 2.45) is 11.7 Å². The zero-order valence-corrected chi connectivity index (χ0v) is 18.3. The van der Waals surface area contributed by atoms with Gasteiger partial charge in [-0.05, 0) is 50.0 Å². The Morgan fingerprint density at radius 3 is 2.59 bits per heavy atom. The number of hydrogen-bond donors (Lipinski definition) is 2. The molecule has 7 heteroatoms. The summed E-state index contributed by atoms with van der Waals surface area (Å²) in [6, 6.07) is 8.44. The van der Waals surface area contributed by atoms with Crippen LogP contribution in [0.3, 0.4) is 0 Å². The topological polar surface area (TPSA) is 67.6 Å². The molecule has 1 aromatic carbocycles. The van der Waals surface area contributed by atoms with Crippen LogP contribution in [0, 0.1) is 5.92 Å². The van der Waals surface area contributed by atoms with Gasteiger partial charge in [-0.25, -0.2) is 0 Å². The summed E-state index contributed by atoms with van der Waals surface area (Å²) in [5.74, 6) is 1.06. The highest BCUT2D eigenvalue weighted by atomic mass is 35.5. The molecule has 156 valence electrons. The Balaban J connectivity index is 0.00000338. The lowest BCUT2D eigenvalue weighted by molar-refractivity contribution is -0.126. The molecule has 0 radical (unpaired) electrons. The first-order valence-electron chi connectivity index (χ1n) is 9.50. The molecule has 0 heterocycles. The summed E-state index contributed by atoms with van der Waals surface area (Å²) in [7, 11) is 1.68. The van der Waals surface area contributed by atoms with Gasteiger partial charge in [-0.3, -0.25) is 9.69 Å². The van der Waals surface area contributed by atoms with Crippen LogP contribution in [-0.4, -0.2) is 43.6 Å². The Morgan fingerprint density at radius 2 is 2.00 bits per heavy atom. The van der Waals surface area contributed by atoms with Crippen LogP contribution in [-0.2, 0) is 4.79 Å². The molecule has 0 spiro atoms. The zero-order chi connectivity index (χ0) is 18.2. The summed E-state index contributed by atoms with van der Waals surface area (Å²) in [6.07, 6.45) is 3.85. The van der Waals surface area contributed by atoms with Crippen molar-refractivity contribution in [1.29, 1.82) is 0 Å². The standard InChI is InChI=1S/C20H33N3O2.2ClH/c1-4-23(5-2)19(15-8-7-11-18(13-15)25-3)14-22-20(24)16-9-6-10-17(21)12-16;;/h7-8,11,13,16-17,19H,4-6,9-10,12,14,21H2,1-3H3,(H,22,24);2*1H. The second-order valence-corrected chi connectivity index (χ2v) is 6.88. The maximum Gasteiger partial charge on any atom is 0.223 e. The molecule has 3 atom stereocenters. The fourth-order valence-electron chi connectivity index (χ4n) is 3.78. The number of carbonyl (C=O) groups is 1. The first-order valence-corrected chi connectivity index (χ1v) is 9.50. The molecule has 1 saturated carbocycles. The molecule has 1 aliphatic carbocycles. The van der Waals surface area contributed by atoms with Crippen molar-refractivity contribution >= 4 is 30.7 Å². The minimum atomic E-state index is 0. The molecule has 5 nitrogen and oxygen atoms in total. The molecule has 1 aromatic rings. The number of rotatable bonds is 8. The van der Waals surface area contributed by atoms with E-state index in [1.54, 1.807) is 7.11 Å². The SMILES string of the molecule is CCN(CC)C(CNC(=O)C1CCCC(N)C1)c1cccc(OC)c1.Cl.Cl. The van der Waals surface area contributed by atoms with Crippen LogP contribution in [0.5, 0.6) is 5.75 Å². The molecule has 27 heavy (non-hydrogen) atoms. The van der Waals surface area contributed by atoms with E-state index < -0.39 is 0 Å². The average molecular weight is 420 g/mol. The van der Waals surface area contributed by atoms with Gasteiger partial charge in [-0.2, -0.15) is 0 Å². The summed E-state index contributed by atoms with van der Waals surface area (Å²) >= 11 is 0. The minimum absolute atomic E-state index is 0. The number of halogens is 2. The number of likely N-dealkylation sites (N-methyl/N-ethyl adjacent to an activating group) is 1. The lowest BCUT2D eigenvalue weighted by atomic mass is 9.85. The quantitative estimate of drug-likeness (QED) is 0.675. The molecular weight excluding hydrogens is 385 g/mol. The number of benzene rings is 1. The van der Waals surface area contributed by atoms with E-state index in [1.165, 1.54) is 5.56 Å². The minimum Gasteiger partial charge on any atom is -0.497 e. The molecule has 0 saturated heterocycles. The zero-order valence-electron chi connectivity index (χ0n) is 16.6. The van der Waals surface area contributed by atoms with E-state index in [4.69, 9.17) is 10.5 Å². The first kappa shape index (κ1) is 26.0. The fourth-order valence-corrected chi connectivity index (χ4v) is 3.78. The third-order valence-corrected chi connectivity index (χ3v) is 5.29. The summed E-state index contributed by atoms with van der Waals surface area (Å²) in [4.78, 5) is 15.0. The normalized spacial score (nSPS) is 20.2. The molecular formula is C20H35Cl2N3O2. The van der Waals surface area contributed by atoms with Crippen molar-refractivity contribution in [2.45, 2.75) is 51.6 Å². The molecule has 0 aromatic heterocycles. The van der Waals surface area contributed by atoms with Crippen molar-refractivity contribution < 1.29 is 9.53 Å². The van der Waals surface area contributed by atoms with E-state index in [-0.39, 0.29) is 48.7 Å². The van der Waals surface area contributed by atoms with Gasteiger partial charge < -0.3 is 15.8 Å². The molecule has 0 bridgehead atoms. The van der Waals surface area contributed by atoms with Gasteiger partial charge in [0.05, 0.1) is 13.2 Å². The van der Waals surface area contributed by atoms with E-state index in [0.29, 0.717) is 6.54 Å². The Kier molecular flexibility index (Phi) is 12.7. The summed E-state index contributed by atoms with van der Waals surface area (Å²) in [6.45, 7) is 6.78. The Labute approximate surface area is 176 Å². The van der Waals surface area contributed by atoms with Gasteiger partial charge in [0.15, 0.2) is 0 Å². The molecule has 3 unspecified atom stereocenters. The van der Waals surface area contributed by atoms with E-state index in [1.807, 2.05) is 12.1 Å². The highest BCUT2D eigenvalue weighted by Crippen LogP contribution is 2.26. The van der Waals surface area contributed by atoms with Crippen LogP contribution in [0.15, 0.2) is 24.3 Å². The highest BCUT2D eigenvalue weighted by molar-refractivity contribution is 5.85. The molecule has 2 rings (SSSR count). The Morgan fingerprint density at radius 1 is 1.30 bits per heavy atom. The second-order valence-electron chi connectivity index (χ2n) is 6.88. The molecule has 3 N–H and O–H groups in total. The van der Waals surface area contributed by atoms with Gasteiger partial charge in [0.25, 0.3) is 0 Å². The monoisotopic (exact) mass is 419 g/mol. The number of hydrogen-bond acceptors (Lipinski definition) is 4. The number of ether oxygens (including phenoxy) is 1. The smallest absolute Gasteiger partial charge is 0.223 e. The molecule has 0 aliphatic heterocycles. The third kappa shape index (κ3) is 7.49. The van der Waals surface area contributed by atoms with Gasteiger partial charge in [0.1, 0.15) is 5.75 Å². The second kappa shape index (κ2) is 13.2. The summed E-state index contributed by atoms with van der Waals surface area (Å²) in [5, 5.41) is 3.18. The van der Waals surface area contributed by atoms with Gasteiger partial charge in [-0.1, -0.05) is 32.4 Å². The van der Waals surface area contributed by atoms with Crippen LogP contribution in [0.2, 0.25) is 0 Å². The van der Waals surface area contributed by atoms with Gasteiger partial charge >= 0.3 is 0 Å². The Hall–Kier alpha value is -1.01. The van der Waals surface area contributed by atoms with E-state index in [9.17, 15) is 4.79 Å². The number of methoxy groups -OCH3 is 1. The van der Waals surface area contributed by atoms with Gasteiger partial charge in [0, 0.05) is 18.5 Å². The van der Waals surface area contributed by atoms with Gasteiger partial charge in [0.2, 0.25) is 5.91 Å². The van der Waals surface area contributed by atoms with Crippen molar-refractivity contribution in [1.82, 2.24) is 10.2 Å². The molecule has 1 amide bonds. The highest BCUT2D eigenvalue weighted by Gasteiger charge is 2.26. The maximum absolute atomic E-state index is 12.6. The van der Waals surface area contributed by atoms with Crippen LogP contribution in [0.4, 0.5) is 0 Å². The third-order valence-electron chi connectivity index (χ3n) is 5.29. The number of carbonyl (C=O) groups excluding carboxylic acids is 1. The van der Waals surface area contributed by atoms with Crippen LogP contribution < -0.4 is 15.8 Å². The van der Waals surface area contributed by atoms with Crippen molar-refractivity contribution in [3.8, 4) is 5.75 Å². The first-order chi connectivity index (χ1) is 12.1. The lowest BCUT2D eigenvalue weighted by Gasteiger charge is -2.32. The summed E-state index contributed by atoms with van der Waals surface area (Å²) in [5.41, 5.74) is 7.20. The molecule has 1 aliphatic rings. The predicted molar refractivity (Wildman–Crippen MR) is 116 cm³/mol. The van der Waals surface area contributed by atoms with Crippen molar-refractivity contribution in [2.75, 3.05) is 26.7 Å². The van der Waals surface area contributed by atoms with E-state index >= 15 is 0 Å². The van der Waals surface area contributed by atoms with E-state index in [2.05, 4.69) is 36.2 Å². The van der Waals surface area contributed by atoms with Crippen molar-refractivity contribution in [3.05, 3.63) is 29.8 Å². The van der Waals surface area contributed by atoms with Crippen LogP contribution in [0.25, 0.3) is 0 Å². The average Bonchev–Trinajstić information content (AvgIpc) is 2.65. The van der Waals surface area contributed by atoms with E-state index in [0.717, 1.165) is 44.5 Å². The van der Waals surface area contributed by atoms with Crippen LogP contribution >= 0.6 is 24.8 Å².